The lowest BCUT2D eigenvalue weighted by atomic mass is 9.63. The minimum Gasteiger partial charge on any atom is -0.469 e. The number of methoxy groups -OCH3 is 1. The molecule has 0 aliphatic heterocycles. The van der Waals surface area contributed by atoms with E-state index in [1.165, 1.54) is 7.11 Å². The molecule has 1 N–H and O–H groups in total. The van der Waals surface area contributed by atoms with Gasteiger partial charge in [0, 0.05) is 12.6 Å². The second-order valence-electron chi connectivity index (χ2n) is 8.52. The molecular formula is C19H31N3O2. The maximum absolute atomic E-state index is 12.4. The molecule has 0 aliphatic carbocycles. The zero-order valence-corrected chi connectivity index (χ0v) is 16.1. The molecule has 134 valence electrons. The van der Waals surface area contributed by atoms with Gasteiger partial charge in [0.15, 0.2) is 0 Å². The number of nitrogens with zero attached hydrogens (tertiary/aromatic N) is 2. The Balaban J connectivity index is 2.96. The number of nitriles is 1. The highest BCUT2D eigenvalue weighted by Crippen LogP contribution is 2.45. The second kappa shape index (κ2) is 7.38. The Bertz CT molecular complexity index is 579. The molecule has 0 aromatic carbocycles. The lowest BCUT2D eigenvalue weighted by Gasteiger charge is -2.40. The van der Waals surface area contributed by atoms with Crippen LogP contribution in [-0.4, -0.2) is 23.0 Å². The van der Waals surface area contributed by atoms with Gasteiger partial charge in [-0.1, -0.05) is 34.6 Å². The van der Waals surface area contributed by atoms with E-state index in [9.17, 15) is 10.1 Å². The van der Waals surface area contributed by atoms with Crippen molar-refractivity contribution in [2.24, 2.45) is 22.2 Å². The zero-order chi connectivity index (χ0) is 18.6. The van der Waals surface area contributed by atoms with Crippen LogP contribution < -0.4 is 0 Å². The van der Waals surface area contributed by atoms with Crippen molar-refractivity contribution in [2.45, 2.75) is 60.8 Å². The summed E-state index contributed by atoms with van der Waals surface area (Å²) in [4.78, 5) is 19.5. The van der Waals surface area contributed by atoms with Gasteiger partial charge in [-0.3, -0.25) is 4.79 Å². The molecule has 1 heterocycles. The van der Waals surface area contributed by atoms with Gasteiger partial charge in [0.2, 0.25) is 0 Å². The summed E-state index contributed by atoms with van der Waals surface area (Å²) in [5.41, 5.74) is -0.0228. The normalized spacial score (nSPS) is 16.1. The van der Waals surface area contributed by atoms with E-state index in [0.717, 1.165) is 18.5 Å². The van der Waals surface area contributed by atoms with Crippen molar-refractivity contribution in [3.8, 4) is 6.07 Å². The standard InChI is InChI=1S/C19H31N3O2/c1-17(2,3)19(6,12-20)9-8-18(4,5)15(16(23)24-7)10-14-11-21-13-22-14/h11,13,15H,8-10H2,1-7H3,(H,21,22). The molecule has 0 fully saturated rings. The van der Waals surface area contributed by atoms with Crippen molar-refractivity contribution in [2.75, 3.05) is 7.11 Å². The summed E-state index contributed by atoms with van der Waals surface area (Å²) in [6.45, 7) is 12.4. The molecule has 0 bridgehead atoms. The third-order valence-electron chi connectivity index (χ3n) is 5.57. The number of rotatable bonds is 7. The highest BCUT2D eigenvalue weighted by molar-refractivity contribution is 5.73. The van der Waals surface area contributed by atoms with E-state index in [0.29, 0.717) is 6.42 Å². The van der Waals surface area contributed by atoms with Crippen molar-refractivity contribution in [3.05, 3.63) is 18.2 Å². The Morgan fingerprint density at radius 1 is 1.29 bits per heavy atom. The van der Waals surface area contributed by atoms with Crippen LogP contribution in [-0.2, 0) is 16.0 Å². The molecule has 0 radical (unpaired) electrons. The first kappa shape index (κ1) is 20.2. The molecule has 5 heteroatoms. The molecule has 1 aromatic heterocycles. The molecule has 1 aromatic rings. The van der Waals surface area contributed by atoms with E-state index >= 15 is 0 Å². The van der Waals surface area contributed by atoms with Gasteiger partial charge in [-0.25, -0.2) is 4.98 Å². The van der Waals surface area contributed by atoms with Crippen LogP contribution in [0.1, 0.15) is 60.1 Å². The summed E-state index contributed by atoms with van der Waals surface area (Å²) in [6.07, 6.45) is 5.44. The van der Waals surface area contributed by atoms with E-state index in [2.05, 4.69) is 50.7 Å². The van der Waals surface area contributed by atoms with Crippen LogP contribution >= 0.6 is 0 Å². The molecule has 2 atom stereocenters. The fraction of sp³-hybridized carbons (Fsp3) is 0.737. The number of H-pyrrole nitrogens is 1. The van der Waals surface area contributed by atoms with Gasteiger partial charge in [-0.05, 0) is 30.6 Å². The van der Waals surface area contributed by atoms with Crippen LogP contribution in [0.4, 0.5) is 0 Å². The summed E-state index contributed by atoms with van der Waals surface area (Å²) >= 11 is 0. The van der Waals surface area contributed by atoms with Crippen LogP contribution in [0, 0.1) is 33.5 Å². The van der Waals surface area contributed by atoms with Gasteiger partial charge < -0.3 is 9.72 Å². The predicted octanol–water partition coefficient (Wildman–Crippen LogP) is 4.12. The Labute approximate surface area is 145 Å². The van der Waals surface area contributed by atoms with Crippen molar-refractivity contribution >= 4 is 5.97 Å². The number of ether oxygens (including phenoxy) is 1. The van der Waals surface area contributed by atoms with Gasteiger partial charge in [0.25, 0.3) is 0 Å². The largest absolute Gasteiger partial charge is 0.469 e. The number of hydrogen-bond acceptors (Lipinski definition) is 4. The number of aromatic nitrogens is 2. The highest BCUT2D eigenvalue weighted by atomic mass is 16.5. The fourth-order valence-corrected chi connectivity index (χ4v) is 2.78. The Morgan fingerprint density at radius 3 is 2.33 bits per heavy atom. The molecule has 0 amide bonds. The highest BCUT2D eigenvalue weighted by Gasteiger charge is 2.42. The summed E-state index contributed by atoms with van der Waals surface area (Å²) in [6, 6.07) is 2.49. The van der Waals surface area contributed by atoms with Gasteiger partial charge in [-0.15, -0.1) is 0 Å². The predicted molar refractivity (Wildman–Crippen MR) is 94.0 cm³/mol. The van der Waals surface area contributed by atoms with Crippen LogP contribution in [0.3, 0.4) is 0 Å². The third kappa shape index (κ3) is 4.59. The molecule has 2 unspecified atom stereocenters. The molecule has 0 aliphatic rings. The van der Waals surface area contributed by atoms with Gasteiger partial charge >= 0.3 is 5.97 Å². The number of nitrogens with one attached hydrogen (secondary N) is 1. The van der Waals surface area contributed by atoms with Crippen molar-refractivity contribution in [1.82, 2.24) is 9.97 Å². The first-order chi connectivity index (χ1) is 11.0. The SMILES string of the molecule is COC(=O)C(Cc1c[nH]cn1)C(C)(C)CCC(C)(C#N)C(C)(C)C. The minimum absolute atomic E-state index is 0.124. The summed E-state index contributed by atoms with van der Waals surface area (Å²) < 4.78 is 5.03. The molecule has 0 saturated carbocycles. The Morgan fingerprint density at radius 2 is 1.92 bits per heavy atom. The van der Waals surface area contributed by atoms with Gasteiger partial charge in [0.05, 0.1) is 36.5 Å². The maximum atomic E-state index is 12.4. The van der Waals surface area contributed by atoms with E-state index < -0.39 is 5.41 Å². The van der Waals surface area contributed by atoms with E-state index in [1.807, 2.05) is 6.92 Å². The molecule has 0 spiro atoms. The first-order valence-electron chi connectivity index (χ1n) is 8.43. The number of carbonyl (C=O) groups excluding carboxylic acids is 1. The summed E-state index contributed by atoms with van der Waals surface area (Å²) in [7, 11) is 1.42. The third-order valence-corrected chi connectivity index (χ3v) is 5.57. The maximum Gasteiger partial charge on any atom is 0.309 e. The van der Waals surface area contributed by atoms with Crippen molar-refractivity contribution < 1.29 is 9.53 Å². The molecule has 1 rings (SSSR count). The number of esters is 1. The average molecular weight is 333 g/mol. The van der Waals surface area contributed by atoms with Crippen molar-refractivity contribution in [3.63, 3.8) is 0 Å². The second-order valence-corrected chi connectivity index (χ2v) is 8.52. The first-order valence-corrected chi connectivity index (χ1v) is 8.43. The van der Waals surface area contributed by atoms with Gasteiger partial charge in [0.1, 0.15) is 0 Å². The zero-order valence-electron chi connectivity index (χ0n) is 16.1. The smallest absolute Gasteiger partial charge is 0.309 e. The van der Waals surface area contributed by atoms with Crippen LogP contribution in [0.25, 0.3) is 0 Å². The molecule has 24 heavy (non-hydrogen) atoms. The van der Waals surface area contributed by atoms with Crippen LogP contribution in [0.5, 0.6) is 0 Å². The molecule has 0 saturated heterocycles. The Kier molecular flexibility index (Phi) is 6.21. The minimum atomic E-state index is -0.447. The quantitative estimate of drug-likeness (QED) is 0.761. The van der Waals surface area contributed by atoms with E-state index in [4.69, 9.17) is 4.74 Å². The van der Waals surface area contributed by atoms with E-state index in [1.54, 1.807) is 12.5 Å². The molecular weight excluding hydrogens is 302 g/mol. The number of aromatic amines is 1. The lowest BCUT2D eigenvalue weighted by Crippen LogP contribution is -2.37. The average Bonchev–Trinajstić information content (AvgIpc) is 3.01. The van der Waals surface area contributed by atoms with Crippen LogP contribution in [0.15, 0.2) is 12.5 Å². The van der Waals surface area contributed by atoms with Crippen LogP contribution in [0.2, 0.25) is 0 Å². The number of carbonyl (C=O) groups is 1. The summed E-state index contributed by atoms with van der Waals surface area (Å²) in [5, 5.41) is 9.66. The van der Waals surface area contributed by atoms with Gasteiger partial charge in [-0.2, -0.15) is 5.26 Å². The number of imidazole rings is 1. The fourth-order valence-electron chi connectivity index (χ4n) is 2.78. The molecule has 5 nitrogen and oxygen atoms in total. The Hall–Kier alpha value is -1.83. The topological polar surface area (TPSA) is 78.8 Å². The lowest BCUT2D eigenvalue weighted by molar-refractivity contribution is -0.150. The van der Waals surface area contributed by atoms with Crippen molar-refractivity contribution in [1.29, 1.82) is 5.26 Å². The monoisotopic (exact) mass is 333 g/mol. The summed E-state index contributed by atoms with van der Waals surface area (Å²) in [5.74, 6) is -0.522. The number of hydrogen-bond donors (Lipinski definition) is 1. The van der Waals surface area contributed by atoms with E-state index in [-0.39, 0.29) is 22.7 Å².